The first-order chi connectivity index (χ1) is 12.9. The van der Waals surface area contributed by atoms with Crippen molar-refractivity contribution in [2.75, 3.05) is 19.0 Å². The van der Waals surface area contributed by atoms with Crippen LogP contribution in [0.3, 0.4) is 0 Å². The second-order valence-corrected chi connectivity index (χ2v) is 5.54. The molecule has 2 aromatic rings. The van der Waals surface area contributed by atoms with Crippen LogP contribution in [0.4, 0.5) is 10.1 Å². The highest BCUT2D eigenvalue weighted by atomic mass is 19.1. The number of nitrogens with one attached hydrogen (secondary N) is 2. The van der Waals surface area contributed by atoms with E-state index in [9.17, 15) is 18.8 Å². The lowest BCUT2D eigenvalue weighted by Crippen LogP contribution is -2.35. The number of halogens is 1. The molecule has 142 valence electrons. The van der Waals surface area contributed by atoms with Crippen LogP contribution in [0.2, 0.25) is 0 Å². The molecule has 0 saturated carbocycles. The van der Waals surface area contributed by atoms with Crippen molar-refractivity contribution in [2.24, 2.45) is 0 Å². The van der Waals surface area contributed by atoms with Crippen LogP contribution in [0.1, 0.15) is 17.3 Å². The number of ether oxygens (including phenoxy) is 2. The summed E-state index contributed by atoms with van der Waals surface area (Å²) in [6, 6.07) is 11.5. The lowest BCUT2D eigenvalue weighted by Gasteiger charge is -2.14. The molecule has 7 nitrogen and oxygen atoms in total. The molecule has 27 heavy (non-hydrogen) atoms. The Labute approximate surface area is 155 Å². The fourth-order valence-corrected chi connectivity index (χ4v) is 2.07. The first kappa shape index (κ1) is 19.9. The van der Waals surface area contributed by atoms with Crippen LogP contribution in [0.15, 0.2) is 48.5 Å². The van der Waals surface area contributed by atoms with Crippen molar-refractivity contribution < 1.29 is 28.2 Å². The van der Waals surface area contributed by atoms with Gasteiger partial charge in [-0.15, -0.1) is 0 Å². The number of benzene rings is 2. The van der Waals surface area contributed by atoms with Crippen molar-refractivity contribution in [3.05, 3.63) is 59.9 Å². The number of esters is 1. The van der Waals surface area contributed by atoms with Gasteiger partial charge in [0.15, 0.2) is 6.10 Å². The van der Waals surface area contributed by atoms with E-state index in [1.165, 1.54) is 38.3 Å². The van der Waals surface area contributed by atoms with Gasteiger partial charge in [0.1, 0.15) is 18.1 Å². The molecule has 0 aliphatic rings. The van der Waals surface area contributed by atoms with Crippen molar-refractivity contribution in [3.8, 4) is 5.75 Å². The molecule has 0 bridgehead atoms. The summed E-state index contributed by atoms with van der Waals surface area (Å²) in [6.45, 7) is 1.00. The second-order valence-electron chi connectivity index (χ2n) is 5.54. The third-order valence-electron chi connectivity index (χ3n) is 3.53. The van der Waals surface area contributed by atoms with E-state index >= 15 is 0 Å². The van der Waals surface area contributed by atoms with Crippen molar-refractivity contribution in [2.45, 2.75) is 13.0 Å². The first-order valence-corrected chi connectivity index (χ1v) is 8.07. The number of hydrogen-bond donors (Lipinski definition) is 2. The smallest absolute Gasteiger partial charge is 0.326 e. The zero-order chi connectivity index (χ0) is 19.8. The van der Waals surface area contributed by atoms with Crippen LogP contribution < -0.4 is 15.4 Å². The molecule has 0 heterocycles. The molecule has 0 unspecified atom stereocenters. The van der Waals surface area contributed by atoms with E-state index in [0.29, 0.717) is 17.0 Å². The molecule has 8 heteroatoms. The number of amides is 2. The average molecular weight is 374 g/mol. The normalized spacial score (nSPS) is 11.2. The van der Waals surface area contributed by atoms with Crippen LogP contribution in [-0.2, 0) is 14.3 Å². The van der Waals surface area contributed by atoms with E-state index in [-0.39, 0.29) is 6.54 Å². The summed E-state index contributed by atoms with van der Waals surface area (Å²) in [5.41, 5.74) is 0.725. The van der Waals surface area contributed by atoms with Crippen LogP contribution in [0, 0.1) is 5.82 Å². The molecule has 2 N–H and O–H groups in total. The maximum atomic E-state index is 12.8. The van der Waals surface area contributed by atoms with Crippen LogP contribution in [-0.4, -0.2) is 37.5 Å². The summed E-state index contributed by atoms with van der Waals surface area (Å²) >= 11 is 0. The van der Waals surface area contributed by atoms with Crippen molar-refractivity contribution in [3.63, 3.8) is 0 Å². The summed E-state index contributed by atoms with van der Waals surface area (Å²) in [5.74, 6) is -1.62. The van der Waals surface area contributed by atoms with Gasteiger partial charge >= 0.3 is 5.97 Å². The predicted molar refractivity (Wildman–Crippen MR) is 95.9 cm³/mol. The van der Waals surface area contributed by atoms with Crippen molar-refractivity contribution >= 4 is 23.5 Å². The molecule has 0 radical (unpaired) electrons. The molecule has 0 fully saturated rings. The number of carbonyl (C=O) groups is 3. The Hall–Kier alpha value is -3.42. The van der Waals surface area contributed by atoms with Crippen molar-refractivity contribution in [1.29, 1.82) is 0 Å². The van der Waals surface area contributed by atoms with Gasteiger partial charge < -0.3 is 20.1 Å². The van der Waals surface area contributed by atoms with E-state index in [2.05, 4.69) is 10.6 Å². The average Bonchev–Trinajstić information content (AvgIpc) is 2.67. The lowest BCUT2D eigenvalue weighted by molar-refractivity contribution is -0.152. The standard InChI is InChI=1S/C19H19FN2O5/c1-12(18(24)22-15-7-5-14(20)6-8-15)27-17(23)11-21-19(25)13-3-9-16(26-2)10-4-13/h3-10,12H,11H2,1-2H3,(H,21,25)(H,22,24)/t12-/m1/s1. The van der Waals surface area contributed by atoms with Gasteiger partial charge in [-0.1, -0.05) is 0 Å². The van der Waals surface area contributed by atoms with Gasteiger partial charge in [-0.3, -0.25) is 14.4 Å². The zero-order valence-electron chi connectivity index (χ0n) is 14.8. The Bertz CT molecular complexity index is 806. The van der Waals surface area contributed by atoms with Crippen LogP contribution >= 0.6 is 0 Å². The molecular weight excluding hydrogens is 355 g/mol. The Kier molecular flexibility index (Phi) is 6.87. The molecule has 0 saturated heterocycles. The molecule has 0 spiro atoms. The number of anilines is 1. The van der Waals surface area contributed by atoms with Gasteiger partial charge in [-0.05, 0) is 55.5 Å². The number of methoxy groups -OCH3 is 1. The van der Waals surface area contributed by atoms with E-state index in [1.807, 2.05) is 0 Å². The topological polar surface area (TPSA) is 93.7 Å². The molecule has 2 amide bonds. The number of rotatable bonds is 7. The molecule has 2 aromatic carbocycles. The molecule has 0 aromatic heterocycles. The Balaban J connectivity index is 1.78. The maximum Gasteiger partial charge on any atom is 0.326 e. The number of hydrogen-bond acceptors (Lipinski definition) is 5. The lowest BCUT2D eigenvalue weighted by atomic mass is 10.2. The quantitative estimate of drug-likeness (QED) is 0.724. The van der Waals surface area contributed by atoms with E-state index in [0.717, 1.165) is 0 Å². The van der Waals surface area contributed by atoms with E-state index < -0.39 is 29.7 Å². The molecular formula is C19H19FN2O5. The predicted octanol–water partition coefficient (Wildman–Crippen LogP) is 2.13. The van der Waals surface area contributed by atoms with Gasteiger partial charge in [0.25, 0.3) is 11.8 Å². The summed E-state index contributed by atoms with van der Waals surface area (Å²) in [5, 5.41) is 4.90. The largest absolute Gasteiger partial charge is 0.497 e. The third-order valence-corrected chi connectivity index (χ3v) is 3.53. The van der Waals surface area contributed by atoms with Crippen LogP contribution in [0.25, 0.3) is 0 Å². The fraction of sp³-hybridized carbons (Fsp3) is 0.211. The zero-order valence-corrected chi connectivity index (χ0v) is 14.8. The van der Waals surface area contributed by atoms with Crippen molar-refractivity contribution in [1.82, 2.24) is 5.32 Å². The van der Waals surface area contributed by atoms with Gasteiger partial charge in [0.05, 0.1) is 7.11 Å². The highest BCUT2D eigenvalue weighted by Crippen LogP contribution is 2.11. The third kappa shape index (κ3) is 6.10. The van der Waals surface area contributed by atoms with Crippen LogP contribution in [0.5, 0.6) is 5.75 Å². The second kappa shape index (κ2) is 9.33. The molecule has 1 atom stereocenters. The van der Waals surface area contributed by atoms with Gasteiger partial charge in [-0.25, -0.2) is 4.39 Å². The minimum Gasteiger partial charge on any atom is -0.497 e. The first-order valence-electron chi connectivity index (χ1n) is 8.07. The minimum atomic E-state index is -1.08. The van der Waals surface area contributed by atoms with E-state index in [1.54, 1.807) is 24.3 Å². The fourth-order valence-electron chi connectivity index (χ4n) is 2.07. The maximum absolute atomic E-state index is 12.8. The summed E-state index contributed by atoms with van der Waals surface area (Å²) in [6.07, 6.45) is -1.08. The summed E-state index contributed by atoms with van der Waals surface area (Å²) in [7, 11) is 1.51. The Morgan fingerprint density at radius 1 is 1.04 bits per heavy atom. The highest BCUT2D eigenvalue weighted by Gasteiger charge is 2.18. The molecule has 2 rings (SSSR count). The SMILES string of the molecule is COc1ccc(C(=O)NCC(=O)O[C@H](C)C(=O)Nc2ccc(F)cc2)cc1. The summed E-state index contributed by atoms with van der Waals surface area (Å²) in [4.78, 5) is 35.7. The van der Waals surface area contributed by atoms with E-state index in [4.69, 9.17) is 9.47 Å². The highest BCUT2D eigenvalue weighted by molar-refractivity contribution is 5.97. The number of carbonyl (C=O) groups excluding carboxylic acids is 3. The monoisotopic (exact) mass is 374 g/mol. The molecule has 0 aliphatic heterocycles. The minimum absolute atomic E-state index is 0.353. The Morgan fingerprint density at radius 2 is 1.67 bits per heavy atom. The van der Waals surface area contributed by atoms with Gasteiger partial charge in [0, 0.05) is 11.3 Å². The Morgan fingerprint density at radius 3 is 2.26 bits per heavy atom. The molecule has 0 aliphatic carbocycles. The van der Waals surface area contributed by atoms with Gasteiger partial charge in [-0.2, -0.15) is 0 Å². The summed E-state index contributed by atoms with van der Waals surface area (Å²) < 4.78 is 22.8. The van der Waals surface area contributed by atoms with Gasteiger partial charge in [0.2, 0.25) is 0 Å².